The van der Waals surface area contributed by atoms with E-state index in [1.807, 2.05) is 42.5 Å². The van der Waals surface area contributed by atoms with Crippen molar-refractivity contribution in [2.75, 3.05) is 35.0 Å². The Hall–Kier alpha value is -4.77. The Kier molecular flexibility index (Phi) is 11.7. The van der Waals surface area contributed by atoms with Crippen molar-refractivity contribution >= 4 is 18.3 Å². The fourth-order valence-corrected chi connectivity index (χ4v) is 5.66. The zero-order valence-electron chi connectivity index (χ0n) is 28.0. The number of nitrogens with zero attached hydrogens (tertiary/aromatic N) is 1. The van der Waals surface area contributed by atoms with Gasteiger partial charge in [-0.25, -0.2) is 4.79 Å². The zero-order valence-corrected chi connectivity index (χ0v) is 28.0. The number of carbonyl (C=O) groups is 3. The highest BCUT2D eigenvalue weighted by molar-refractivity contribution is 5.89. The Labute approximate surface area is 276 Å². The smallest absolute Gasteiger partial charge is 0.408 e. The number of methoxy groups -OCH3 is 4. The average Bonchev–Trinajstić information content (AvgIpc) is 3.06. The van der Waals surface area contributed by atoms with Crippen LogP contribution in [0.1, 0.15) is 49.1 Å². The molecule has 0 aromatic heterocycles. The first-order chi connectivity index (χ1) is 22.5. The van der Waals surface area contributed by atoms with Crippen molar-refractivity contribution in [1.82, 2.24) is 10.2 Å². The Bertz CT molecular complexity index is 1540. The van der Waals surface area contributed by atoms with Gasteiger partial charge in [0.25, 0.3) is 0 Å². The van der Waals surface area contributed by atoms with Crippen LogP contribution in [0, 0.1) is 0 Å². The molecule has 1 N–H and O–H groups in total. The summed E-state index contributed by atoms with van der Waals surface area (Å²) < 4.78 is 33.7. The lowest BCUT2D eigenvalue weighted by atomic mass is 9.87. The molecular weight excluding hydrogens is 604 g/mol. The summed E-state index contributed by atoms with van der Waals surface area (Å²) in [5, 5.41) is 2.77. The molecule has 252 valence electrons. The van der Waals surface area contributed by atoms with Gasteiger partial charge in [-0.2, -0.15) is 0 Å². The van der Waals surface area contributed by atoms with Gasteiger partial charge in [0.1, 0.15) is 17.9 Å². The molecule has 11 nitrogen and oxygen atoms in total. The minimum atomic E-state index is -1.11. The van der Waals surface area contributed by atoms with Crippen molar-refractivity contribution in [3.05, 3.63) is 82.9 Å². The zero-order chi connectivity index (χ0) is 34.1. The number of nitrogens with one attached hydrogen (secondary N) is 1. The molecule has 3 aromatic carbocycles. The predicted octanol–water partition coefficient (Wildman–Crippen LogP) is 5.07. The first kappa shape index (κ1) is 35.1. The summed E-state index contributed by atoms with van der Waals surface area (Å²) in [6, 6.07) is 15.9. The van der Waals surface area contributed by atoms with E-state index in [1.165, 1.54) is 26.2 Å². The monoisotopic (exact) mass is 648 g/mol. The lowest BCUT2D eigenvalue weighted by molar-refractivity contribution is -0.144. The van der Waals surface area contributed by atoms with Gasteiger partial charge in [0, 0.05) is 12.8 Å². The number of benzene rings is 3. The van der Waals surface area contributed by atoms with Gasteiger partial charge in [0.15, 0.2) is 23.0 Å². The molecule has 0 fully saturated rings. The predicted molar refractivity (Wildman–Crippen MR) is 175 cm³/mol. The number of fused-ring (bicyclic) bond motifs is 1. The van der Waals surface area contributed by atoms with E-state index in [0.29, 0.717) is 35.2 Å². The molecule has 0 saturated heterocycles. The van der Waals surface area contributed by atoms with Gasteiger partial charge in [-0.05, 0) is 67.3 Å². The highest BCUT2D eigenvalue weighted by Gasteiger charge is 2.42. The van der Waals surface area contributed by atoms with Crippen LogP contribution in [0.5, 0.6) is 23.0 Å². The number of amides is 2. The first-order valence-corrected chi connectivity index (χ1v) is 15.4. The summed E-state index contributed by atoms with van der Waals surface area (Å²) in [5.74, 6) is 1.51. The molecular formula is C36H44N2O9. The van der Waals surface area contributed by atoms with Crippen molar-refractivity contribution < 1.29 is 42.8 Å². The van der Waals surface area contributed by atoms with Gasteiger partial charge in [0.2, 0.25) is 5.91 Å². The van der Waals surface area contributed by atoms with Crippen molar-refractivity contribution in [2.24, 2.45) is 0 Å². The van der Waals surface area contributed by atoms with Gasteiger partial charge >= 0.3 is 6.09 Å². The van der Waals surface area contributed by atoms with Crippen LogP contribution in [0.15, 0.2) is 60.7 Å². The highest BCUT2D eigenvalue weighted by atomic mass is 16.6. The third-order valence-electron chi connectivity index (χ3n) is 7.80. The molecule has 0 aliphatic carbocycles. The largest absolute Gasteiger partial charge is 0.493 e. The SMILES string of the molecule is COc1ccc(C[C@H](NC(=O)OC(C)(C)C)C(=O)N2C(COCc3ccccc3)c3cc(OC)c(OC)cc3C[C@H]2C=O)cc1OC. The molecule has 11 heteroatoms. The Morgan fingerprint density at radius 3 is 2.13 bits per heavy atom. The van der Waals surface area contributed by atoms with E-state index in [4.69, 9.17) is 28.4 Å². The standard InChI is InChI=1S/C36H44N2O9/c1-36(2,3)47-35(41)37-28(15-24-13-14-30(42-4)31(16-24)43-5)34(40)38-26(20-39)17-25-18-32(44-6)33(45-7)19-27(25)29(38)22-46-21-23-11-9-8-10-12-23/h8-14,16,18-20,26,28-29H,15,17,21-22H2,1-7H3,(H,37,41)/t26-,28-,29?/m0/s1. The molecule has 1 unspecified atom stereocenters. The van der Waals surface area contributed by atoms with Crippen LogP contribution < -0.4 is 24.3 Å². The second kappa shape index (κ2) is 15.7. The third-order valence-corrected chi connectivity index (χ3v) is 7.80. The molecule has 0 saturated carbocycles. The van der Waals surface area contributed by atoms with Crippen LogP contribution in [0.2, 0.25) is 0 Å². The fourth-order valence-electron chi connectivity index (χ4n) is 5.66. The maximum absolute atomic E-state index is 14.7. The summed E-state index contributed by atoms with van der Waals surface area (Å²) in [6.45, 7) is 5.58. The quantitative estimate of drug-likeness (QED) is 0.253. The molecule has 3 aromatic rings. The number of carbonyl (C=O) groups excluding carboxylic acids is 3. The summed E-state index contributed by atoms with van der Waals surface area (Å²) in [6.07, 6.45) is 0.300. The molecule has 1 aliphatic rings. The molecule has 1 heterocycles. The Balaban J connectivity index is 1.76. The van der Waals surface area contributed by atoms with E-state index in [2.05, 4.69) is 5.32 Å². The van der Waals surface area contributed by atoms with Gasteiger partial charge in [-0.3, -0.25) is 4.79 Å². The minimum Gasteiger partial charge on any atom is -0.493 e. The Morgan fingerprint density at radius 1 is 0.872 bits per heavy atom. The summed E-state index contributed by atoms with van der Waals surface area (Å²) >= 11 is 0. The number of hydrogen-bond donors (Lipinski definition) is 1. The number of ether oxygens (including phenoxy) is 6. The molecule has 0 radical (unpaired) electrons. The number of alkyl carbamates (subject to hydrolysis) is 1. The van der Waals surface area contributed by atoms with E-state index in [0.717, 1.165) is 23.0 Å². The van der Waals surface area contributed by atoms with Crippen molar-refractivity contribution in [1.29, 1.82) is 0 Å². The normalized spacial score (nSPS) is 16.4. The van der Waals surface area contributed by atoms with Crippen LogP contribution in [0.4, 0.5) is 4.79 Å². The van der Waals surface area contributed by atoms with Crippen LogP contribution in [-0.2, 0) is 38.5 Å². The summed E-state index contributed by atoms with van der Waals surface area (Å²) in [4.78, 5) is 42.0. The van der Waals surface area contributed by atoms with Crippen LogP contribution in [-0.4, -0.2) is 75.9 Å². The maximum Gasteiger partial charge on any atom is 0.408 e. The second-order valence-corrected chi connectivity index (χ2v) is 12.2. The van der Waals surface area contributed by atoms with Gasteiger partial charge in [0.05, 0.1) is 53.7 Å². The van der Waals surface area contributed by atoms with Gasteiger partial charge in [-0.1, -0.05) is 36.4 Å². The van der Waals surface area contributed by atoms with Crippen molar-refractivity contribution in [3.63, 3.8) is 0 Å². The molecule has 1 aliphatic heterocycles. The first-order valence-electron chi connectivity index (χ1n) is 15.4. The second-order valence-electron chi connectivity index (χ2n) is 12.2. The number of rotatable bonds is 13. The van der Waals surface area contributed by atoms with Gasteiger partial charge < -0.3 is 43.4 Å². The molecule has 0 bridgehead atoms. The van der Waals surface area contributed by atoms with E-state index in [9.17, 15) is 14.4 Å². The van der Waals surface area contributed by atoms with E-state index in [-0.39, 0.29) is 19.4 Å². The highest BCUT2D eigenvalue weighted by Crippen LogP contribution is 2.40. The van der Waals surface area contributed by atoms with Crippen molar-refractivity contribution in [3.8, 4) is 23.0 Å². The Morgan fingerprint density at radius 2 is 1.51 bits per heavy atom. The molecule has 47 heavy (non-hydrogen) atoms. The lowest BCUT2D eigenvalue weighted by Crippen LogP contribution is -2.57. The van der Waals surface area contributed by atoms with Crippen LogP contribution in [0.3, 0.4) is 0 Å². The lowest BCUT2D eigenvalue weighted by Gasteiger charge is -2.43. The van der Waals surface area contributed by atoms with E-state index in [1.54, 1.807) is 46.1 Å². The fraction of sp³-hybridized carbons (Fsp3) is 0.417. The minimum absolute atomic E-state index is 0.0724. The molecule has 4 rings (SSSR count). The average molecular weight is 649 g/mol. The van der Waals surface area contributed by atoms with Crippen LogP contribution >= 0.6 is 0 Å². The maximum atomic E-state index is 14.7. The van der Waals surface area contributed by atoms with E-state index >= 15 is 0 Å². The molecule has 0 spiro atoms. The number of hydrogen-bond acceptors (Lipinski definition) is 9. The third kappa shape index (κ3) is 8.74. The summed E-state index contributed by atoms with van der Waals surface area (Å²) in [5.41, 5.74) is 2.43. The molecule has 3 atom stereocenters. The van der Waals surface area contributed by atoms with Crippen LogP contribution in [0.25, 0.3) is 0 Å². The van der Waals surface area contributed by atoms with E-state index < -0.39 is 35.7 Å². The topological polar surface area (TPSA) is 122 Å². The van der Waals surface area contributed by atoms with Gasteiger partial charge in [-0.15, -0.1) is 0 Å². The summed E-state index contributed by atoms with van der Waals surface area (Å²) in [7, 11) is 6.13. The number of aldehydes is 1. The molecule has 2 amide bonds. The van der Waals surface area contributed by atoms with Crippen molar-refractivity contribution in [2.45, 2.75) is 63.9 Å².